The molecule has 1 spiro atoms. The van der Waals surface area contributed by atoms with Crippen LogP contribution < -0.4 is 15.4 Å². The third kappa shape index (κ3) is 5.62. The van der Waals surface area contributed by atoms with E-state index in [9.17, 15) is 19.2 Å². The number of imide groups is 1. The largest absolute Gasteiger partial charge is 0.489 e. The monoisotopic (exact) mass is 479 g/mol. The molecule has 184 valence electrons. The third-order valence-corrected chi connectivity index (χ3v) is 6.54. The number of hydrogen-bond acceptors (Lipinski definition) is 6. The molecule has 35 heavy (non-hydrogen) atoms. The predicted molar refractivity (Wildman–Crippen MR) is 127 cm³/mol. The Bertz CT molecular complexity index is 1090. The molecule has 1 heterocycles. The molecular formula is C26H29N3O6. The molecule has 2 N–H and O–H groups in total. The number of amides is 4. The van der Waals surface area contributed by atoms with Crippen LogP contribution in [0.25, 0.3) is 0 Å². The highest BCUT2D eigenvalue weighted by molar-refractivity contribution is 6.09. The summed E-state index contributed by atoms with van der Waals surface area (Å²) in [6, 6.07) is 16.0. The zero-order chi connectivity index (χ0) is 24.8. The summed E-state index contributed by atoms with van der Waals surface area (Å²) in [5.74, 6) is -1.11. The second-order valence-corrected chi connectivity index (χ2v) is 8.95. The average molecular weight is 480 g/mol. The number of anilines is 1. The molecule has 2 aliphatic rings. The van der Waals surface area contributed by atoms with Gasteiger partial charge in [0.05, 0.1) is 0 Å². The van der Waals surface area contributed by atoms with Gasteiger partial charge in [-0.1, -0.05) is 50.1 Å². The zero-order valence-corrected chi connectivity index (χ0v) is 19.6. The van der Waals surface area contributed by atoms with Gasteiger partial charge in [0.2, 0.25) is 0 Å². The van der Waals surface area contributed by atoms with Crippen LogP contribution >= 0.6 is 0 Å². The van der Waals surface area contributed by atoms with Crippen molar-refractivity contribution in [3.05, 3.63) is 60.2 Å². The van der Waals surface area contributed by atoms with Crippen molar-refractivity contribution in [1.82, 2.24) is 10.2 Å². The van der Waals surface area contributed by atoms with Gasteiger partial charge in [-0.15, -0.1) is 0 Å². The van der Waals surface area contributed by atoms with E-state index in [4.69, 9.17) is 9.47 Å². The van der Waals surface area contributed by atoms with Gasteiger partial charge in [-0.05, 0) is 48.6 Å². The lowest BCUT2D eigenvalue weighted by atomic mass is 9.73. The molecule has 0 aromatic heterocycles. The number of carbonyl (C=O) groups is 4. The Kier molecular flexibility index (Phi) is 7.33. The van der Waals surface area contributed by atoms with Gasteiger partial charge in [-0.25, -0.2) is 4.79 Å². The fourth-order valence-corrected chi connectivity index (χ4v) is 4.53. The maximum absolute atomic E-state index is 12.9. The summed E-state index contributed by atoms with van der Waals surface area (Å²) in [6.45, 7) is 1.31. The van der Waals surface area contributed by atoms with E-state index in [-0.39, 0.29) is 5.92 Å². The summed E-state index contributed by atoms with van der Waals surface area (Å²) < 4.78 is 10.7. The van der Waals surface area contributed by atoms with E-state index >= 15 is 0 Å². The highest BCUT2D eigenvalue weighted by Gasteiger charge is 2.55. The van der Waals surface area contributed by atoms with Crippen LogP contribution in [0.4, 0.5) is 10.5 Å². The van der Waals surface area contributed by atoms with Gasteiger partial charge in [0.25, 0.3) is 11.8 Å². The molecule has 1 aliphatic carbocycles. The van der Waals surface area contributed by atoms with Gasteiger partial charge < -0.3 is 20.1 Å². The van der Waals surface area contributed by atoms with Crippen LogP contribution in [0.1, 0.15) is 38.2 Å². The Morgan fingerprint density at radius 3 is 2.54 bits per heavy atom. The Morgan fingerprint density at radius 2 is 1.83 bits per heavy atom. The molecule has 0 radical (unpaired) electrons. The number of esters is 1. The van der Waals surface area contributed by atoms with Crippen LogP contribution in [0, 0.1) is 5.92 Å². The molecule has 1 saturated carbocycles. The smallest absolute Gasteiger partial charge is 0.326 e. The standard InChI is InChI=1S/C26H29N3O6/c1-18-7-5-6-14-26(18)24(32)29(25(33)28-26)15-23(31)35-17-22(30)27-20-10-12-21(13-11-20)34-16-19-8-3-2-4-9-19/h2-4,8-13,18H,5-7,14-17H2,1H3,(H,27,30)(H,28,33)/t18-,26-/m0/s1. The molecule has 1 saturated heterocycles. The minimum atomic E-state index is -0.941. The number of benzene rings is 2. The minimum absolute atomic E-state index is 0.00498. The van der Waals surface area contributed by atoms with Crippen molar-refractivity contribution >= 4 is 29.5 Å². The van der Waals surface area contributed by atoms with Crippen LogP contribution in [0.5, 0.6) is 5.75 Å². The normalized spacial score (nSPS) is 21.5. The summed E-state index contributed by atoms with van der Waals surface area (Å²) in [7, 11) is 0. The van der Waals surface area contributed by atoms with Crippen molar-refractivity contribution in [3.8, 4) is 5.75 Å². The van der Waals surface area contributed by atoms with Crippen molar-refractivity contribution < 1.29 is 28.7 Å². The minimum Gasteiger partial charge on any atom is -0.489 e. The first-order valence-electron chi connectivity index (χ1n) is 11.7. The summed E-state index contributed by atoms with van der Waals surface area (Å²) in [6.07, 6.45) is 3.25. The van der Waals surface area contributed by atoms with Gasteiger partial charge in [-0.2, -0.15) is 0 Å². The summed E-state index contributed by atoms with van der Waals surface area (Å²) >= 11 is 0. The molecule has 0 bridgehead atoms. The maximum Gasteiger partial charge on any atom is 0.326 e. The molecule has 2 aromatic rings. The number of hydrogen-bond donors (Lipinski definition) is 2. The molecule has 2 aromatic carbocycles. The van der Waals surface area contributed by atoms with E-state index in [1.165, 1.54) is 0 Å². The van der Waals surface area contributed by atoms with E-state index in [0.717, 1.165) is 29.7 Å². The Labute approximate surface area is 203 Å². The molecule has 2 fully saturated rings. The van der Waals surface area contributed by atoms with E-state index in [2.05, 4.69) is 10.6 Å². The molecule has 0 unspecified atom stereocenters. The summed E-state index contributed by atoms with van der Waals surface area (Å²) in [5.41, 5.74) is 0.618. The lowest BCUT2D eigenvalue weighted by Gasteiger charge is -2.36. The van der Waals surface area contributed by atoms with Crippen LogP contribution in [-0.4, -0.2) is 47.4 Å². The van der Waals surface area contributed by atoms with Gasteiger partial charge in [0.15, 0.2) is 6.61 Å². The maximum atomic E-state index is 12.9. The second-order valence-electron chi connectivity index (χ2n) is 8.95. The number of urea groups is 1. The number of nitrogens with one attached hydrogen (secondary N) is 2. The van der Waals surface area contributed by atoms with Crippen LogP contribution in [-0.2, 0) is 25.7 Å². The van der Waals surface area contributed by atoms with Crippen molar-refractivity contribution in [2.75, 3.05) is 18.5 Å². The molecule has 1 aliphatic heterocycles. The van der Waals surface area contributed by atoms with Crippen LogP contribution in [0.15, 0.2) is 54.6 Å². The Morgan fingerprint density at radius 1 is 1.09 bits per heavy atom. The molecule has 4 rings (SSSR count). The van der Waals surface area contributed by atoms with Crippen molar-refractivity contribution in [3.63, 3.8) is 0 Å². The van der Waals surface area contributed by atoms with E-state index < -0.39 is 42.5 Å². The summed E-state index contributed by atoms with van der Waals surface area (Å²) in [4.78, 5) is 50.6. The quantitative estimate of drug-likeness (QED) is 0.444. The lowest BCUT2D eigenvalue weighted by Crippen LogP contribution is -2.54. The SMILES string of the molecule is C[C@H]1CCCC[C@]12NC(=O)N(CC(=O)OCC(=O)Nc1ccc(OCc3ccccc3)cc1)C2=O. The fraction of sp³-hybridized carbons (Fsp3) is 0.385. The van der Waals surface area contributed by atoms with Crippen molar-refractivity contribution in [2.45, 2.75) is 44.8 Å². The first-order chi connectivity index (χ1) is 16.9. The fourth-order valence-electron chi connectivity index (χ4n) is 4.53. The number of carbonyl (C=O) groups excluding carboxylic acids is 4. The molecule has 2 atom stereocenters. The molecule has 9 heteroatoms. The molecule has 4 amide bonds. The first-order valence-corrected chi connectivity index (χ1v) is 11.7. The number of rotatable bonds is 8. The Balaban J connectivity index is 1.22. The first kappa shape index (κ1) is 24.3. The van der Waals surface area contributed by atoms with Gasteiger partial charge >= 0.3 is 12.0 Å². The number of ether oxygens (including phenoxy) is 2. The van der Waals surface area contributed by atoms with Crippen LogP contribution in [0.2, 0.25) is 0 Å². The molecule has 9 nitrogen and oxygen atoms in total. The third-order valence-electron chi connectivity index (χ3n) is 6.54. The Hall–Kier alpha value is -3.88. The highest BCUT2D eigenvalue weighted by Crippen LogP contribution is 2.38. The highest BCUT2D eigenvalue weighted by atomic mass is 16.5. The molecular weight excluding hydrogens is 450 g/mol. The second kappa shape index (κ2) is 10.6. The lowest BCUT2D eigenvalue weighted by molar-refractivity contribution is -0.150. The van der Waals surface area contributed by atoms with E-state index in [0.29, 0.717) is 24.5 Å². The topological polar surface area (TPSA) is 114 Å². The predicted octanol–water partition coefficient (Wildman–Crippen LogP) is 3.25. The van der Waals surface area contributed by atoms with E-state index in [1.807, 2.05) is 37.3 Å². The van der Waals surface area contributed by atoms with Crippen LogP contribution in [0.3, 0.4) is 0 Å². The van der Waals surface area contributed by atoms with Crippen molar-refractivity contribution in [1.29, 1.82) is 0 Å². The van der Waals surface area contributed by atoms with Gasteiger partial charge in [0, 0.05) is 5.69 Å². The zero-order valence-electron chi connectivity index (χ0n) is 19.6. The van der Waals surface area contributed by atoms with Gasteiger partial charge in [-0.3, -0.25) is 19.3 Å². The summed E-state index contributed by atoms with van der Waals surface area (Å²) in [5, 5.41) is 5.41. The van der Waals surface area contributed by atoms with Gasteiger partial charge in [0.1, 0.15) is 24.4 Å². The average Bonchev–Trinajstić information content (AvgIpc) is 3.09. The van der Waals surface area contributed by atoms with Crippen molar-refractivity contribution in [2.24, 2.45) is 5.92 Å². The van der Waals surface area contributed by atoms with E-state index in [1.54, 1.807) is 24.3 Å². The number of nitrogens with zero attached hydrogens (tertiary/aromatic N) is 1.